The summed E-state index contributed by atoms with van der Waals surface area (Å²) in [7, 11) is 3.44. The molecule has 52 heavy (non-hydrogen) atoms. The van der Waals surface area contributed by atoms with Crippen LogP contribution in [0.1, 0.15) is 72.0 Å². The smallest absolute Gasteiger partial charge is 0.318 e. The van der Waals surface area contributed by atoms with Gasteiger partial charge in [-0.15, -0.1) is 0 Å². The number of phenolic OH excluding ortho intramolecular Hbond substituents is 1. The predicted molar refractivity (Wildman–Crippen MR) is 199 cm³/mol. The maximum Gasteiger partial charge on any atom is 0.318 e. The first-order valence-electron chi connectivity index (χ1n) is 18.4. The Morgan fingerprint density at radius 1 is 1.10 bits per heavy atom. The SMILES string of the molecule is CCc1c(F)ccc2cc(O)cc(N3CCc4c(nc(OC[C@@]56CCCN5C[C@H](F)C6)nc4N4CCCCn5nc(C(=O)N(C)C)c(Br)c5C4)C3)c12. The summed E-state index contributed by atoms with van der Waals surface area (Å²) in [5, 5.41) is 17.1. The summed E-state index contributed by atoms with van der Waals surface area (Å²) in [6, 6.07) is 6.83. The fraction of sp³-hybridized carbons (Fsp3) is 0.526. The standard InChI is InChI=1S/C38H45BrF2N8O3/c1-4-26-28(41)9-8-23-16-25(50)17-30(32(23)26)46-15-10-27-29(20-46)42-37(52-22-38-11-7-13-48(38)19-24(40)18-38)43-35(27)47-12-5-6-14-49-31(21-47)33(39)34(44-49)36(51)45(2)3/h8-9,16-17,24,50H,4-7,10-15,18-22H2,1-3H3/t24-,38+/m1/s1. The number of rotatable bonds is 7. The number of aromatic hydroxyl groups is 1. The molecule has 2 aromatic carbocycles. The highest BCUT2D eigenvalue weighted by Gasteiger charge is 2.49. The van der Waals surface area contributed by atoms with Gasteiger partial charge in [0.05, 0.1) is 34.5 Å². The van der Waals surface area contributed by atoms with E-state index in [2.05, 4.69) is 30.6 Å². The van der Waals surface area contributed by atoms with E-state index in [1.54, 1.807) is 32.3 Å². The Bertz CT molecular complexity index is 2040. The molecule has 1 amide bonds. The summed E-state index contributed by atoms with van der Waals surface area (Å²) in [6.07, 6.45) is 4.34. The van der Waals surface area contributed by atoms with E-state index in [0.717, 1.165) is 78.0 Å². The van der Waals surface area contributed by atoms with Crippen molar-refractivity contribution in [2.45, 2.75) is 83.2 Å². The fourth-order valence-electron chi connectivity index (χ4n) is 8.80. The van der Waals surface area contributed by atoms with E-state index in [1.165, 1.54) is 11.0 Å². The van der Waals surface area contributed by atoms with E-state index in [9.17, 15) is 14.3 Å². The van der Waals surface area contributed by atoms with Crippen LogP contribution in [-0.2, 0) is 32.5 Å². The Labute approximate surface area is 310 Å². The van der Waals surface area contributed by atoms with Crippen molar-refractivity contribution in [3.05, 3.63) is 62.8 Å². The van der Waals surface area contributed by atoms with E-state index in [0.29, 0.717) is 74.3 Å². The van der Waals surface area contributed by atoms with Gasteiger partial charge in [0.25, 0.3) is 5.91 Å². The summed E-state index contributed by atoms with van der Waals surface area (Å²) in [5.41, 5.74) is 4.10. The number of fused-ring (bicyclic) bond motifs is 4. The molecule has 2 atom stereocenters. The minimum atomic E-state index is -0.874. The number of phenols is 1. The van der Waals surface area contributed by atoms with Crippen molar-refractivity contribution >= 4 is 44.1 Å². The van der Waals surface area contributed by atoms with Crippen molar-refractivity contribution < 1.29 is 23.4 Å². The number of anilines is 2. The van der Waals surface area contributed by atoms with Crippen molar-refractivity contribution in [3.8, 4) is 11.8 Å². The Balaban J connectivity index is 1.19. The Morgan fingerprint density at radius 2 is 1.92 bits per heavy atom. The van der Waals surface area contributed by atoms with Gasteiger partial charge in [0.15, 0.2) is 5.69 Å². The number of nitrogens with zero attached hydrogens (tertiary/aromatic N) is 8. The highest BCUT2D eigenvalue weighted by Crippen LogP contribution is 2.42. The predicted octanol–water partition coefficient (Wildman–Crippen LogP) is 6.02. The normalized spacial score (nSPS) is 21.8. The van der Waals surface area contributed by atoms with E-state index < -0.39 is 6.17 Å². The number of alkyl halides is 1. The average Bonchev–Trinajstić information content (AvgIpc) is 3.74. The first kappa shape index (κ1) is 35.0. The Hall–Kier alpha value is -4.04. The minimum absolute atomic E-state index is 0.118. The van der Waals surface area contributed by atoms with E-state index in [-0.39, 0.29) is 29.0 Å². The van der Waals surface area contributed by atoms with Gasteiger partial charge < -0.3 is 24.5 Å². The van der Waals surface area contributed by atoms with Crippen LogP contribution in [0.4, 0.5) is 20.3 Å². The van der Waals surface area contributed by atoms with Crippen LogP contribution in [0.3, 0.4) is 0 Å². The molecular weight excluding hydrogens is 734 g/mol. The topological polar surface area (TPSA) is 103 Å². The molecule has 0 aliphatic carbocycles. The van der Waals surface area contributed by atoms with Gasteiger partial charge >= 0.3 is 6.01 Å². The first-order valence-corrected chi connectivity index (χ1v) is 19.2. The summed E-state index contributed by atoms with van der Waals surface area (Å²) in [4.78, 5) is 31.3. The quantitative estimate of drug-likeness (QED) is 0.242. The van der Waals surface area contributed by atoms with Crippen LogP contribution in [-0.4, -0.2) is 99.2 Å². The minimum Gasteiger partial charge on any atom is -0.508 e. The number of aryl methyl sites for hydroxylation is 2. The lowest BCUT2D eigenvalue weighted by Gasteiger charge is -2.35. The molecule has 14 heteroatoms. The molecule has 0 radical (unpaired) electrons. The van der Waals surface area contributed by atoms with Gasteiger partial charge in [-0.1, -0.05) is 13.0 Å². The van der Waals surface area contributed by atoms with Crippen LogP contribution in [0.25, 0.3) is 10.8 Å². The van der Waals surface area contributed by atoms with Gasteiger partial charge in [-0.3, -0.25) is 14.4 Å². The van der Waals surface area contributed by atoms with Crippen molar-refractivity contribution in [2.75, 3.05) is 56.7 Å². The molecule has 0 unspecified atom stereocenters. The van der Waals surface area contributed by atoms with E-state index in [4.69, 9.17) is 19.8 Å². The zero-order chi connectivity index (χ0) is 36.3. The van der Waals surface area contributed by atoms with Crippen LogP contribution in [0.15, 0.2) is 28.7 Å². The molecule has 11 nitrogen and oxygen atoms in total. The van der Waals surface area contributed by atoms with E-state index >= 15 is 4.39 Å². The average molecular weight is 780 g/mol. The van der Waals surface area contributed by atoms with Crippen molar-refractivity contribution in [3.63, 3.8) is 0 Å². The molecule has 0 spiro atoms. The first-order chi connectivity index (χ1) is 25.0. The number of ether oxygens (including phenoxy) is 1. The molecule has 4 aliphatic heterocycles. The zero-order valence-electron chi connectivity index (χ0n) is 30.0. The van der Waals surface area contributed by atoms with Crippen LogP contribution < -0.4 is 14.5 Å². The lowest BCUT2D eigenvalue weighted by molar-refractivity contribution is 0.0820. The number of benzene rings is 2. The molecule has 2 fully saturated rings. The number of amides is 1. The van der Waals surface area contributed by atoms with Gasteiger partial charge in [0, 0.05) is 69.4 Å². The van der Waals surface area contributed by atoms with E-state index in [1.807, 2.05) is 11.6 Å². The molecule has 0 saturated carbocycles. The monoisotopic (exact) mass is 778 g/mol. The molecule has 4 aromatic rings. The Morgan fingerprint density at radius 3 is 2.73 bits per heavy atom. The molecule has 2 aromatic heterocycles. The second-order valence-electron chi connectivity index (χ2n) is 14.9. The lowest BCUT2D eigenvalue weighted by Crippen LogP contribution is -2.43. The number of carbonyl (C=O) groups excluding carboxylic acids is 1. The van der Waals surface area contributed by atoms with Crippen molar-refractivity contribution in [1.82, 2.24) is 29.5 Å². The van der Waals surface area contributed by atoms with Crippen molar-refractivity contribution in [1.29, 1.82) is 0 Å². The zero-order valence-corrected chi connectivity index (χ0v) is 31.6. The van der Waals surface area contributed by atoms with Gasteiger partial charge in [-0.2, -0.15) is 15.1 Å². The van der Waals surface area contributed by atoms with Gasteiger partial charge in [0.2, 0.25) is 0 Å². The third-order valence-electron chi connectivity index (χ3n) is 11.4. The van der Waals surface area contributed by atoms with Crippen molar-refractivity contribution in [2.24, 2.45) is 0 Å². The number of aromatic nitrogens is 4. The highest BCUT2D eigenvalue weighted by molar-refractivity contribution is 9.10. The maximum absolute atomic E-state index is 15.1. The highest BCUT2D eigenvalue weighted by atomic mass is 79.9. The molecule has 4 aliphatic rings. The third-order valence-corrected chi connectivity index (χ3v) is 12.2. The van der Waals surface area contributed by atoms with Gasteiger partial charge in [-0.05, 0) is 84.1 Å². The molecule has 2 saturated heterocycles. The molecule has 276 valence electrons. The summed E-state index contributed by atoms with van der Waals surface area (Å²) < 4.78 is 38.9. The second-order valence-corrected chi connectivity index (χ2v) is 15.7. The van der Waals surface area contributed by atoms with Crippen LogP contribution in [0.2, 0.25) is 0 Å². The second kappa shape index (κ2) is 13.7. The number of hydrogen-bond donors (Lipinski definition) is 1. The lowest BCUT2D eigenvalue weighted by atomic mass is 9.95. The number of carbonyl (C=O) groups is 1. The summed E-state index contributed by atoms with van der Waals surface area (Å²) in [5.74, 6) is 0.465. The molecule has 1 N–H and O–H groups in total. The number of halogens is 3. The fourth-order valence-corrected chi connectivity index (χ4v) is 9.38. The van der Waals surface area contributed by atoms with Crippen LogP contribution >= 0.6 is 15.9 Å². The van der Waals surface area contributed by atoms with Gasteiger partial charge in [-0.25, -0.2) is 8.78 Å². The maximum atomic E-state index is 15.1. The molecular formula is C38H45BrF2N8O3. The Kier molecular flexibility index (Phi) is 9.25. The molecule has 0 bridgehead atoms. The van der Waals surface area contributed by atoms with Gasteiger partial charge in [0.1, 0.15) is 30.2 Å². The van der Waals surface area contributed by atoms with Crippen LogP contribution in [0.5, 0.6) is 11.8 Å². The largest absolute Gasteiger partial charge is 0.508 e. The van der Waals surface area contributed by atoms with Crippen LogP contribution in [0, 0.1) is 5.82 Å². The number of hydrogen-bond acceptors (Lipinski definition) is 9. The third kappa shape index (κ3) is 6.14. The molecule has 6 heterocycles. The molecule has 8 rings (SSSR count). The summed E-state index contributed by atoms with van der Waals surface area (Å²) in [6.45, 7) is 6.46. The summed E-state index contributed by atoms with van der Waals surface area (Å²) >= 11 is 3.72.